The second kappa shape index (κ2) is 6.37. The molecule has 0 spiro atoms. The maximum Gasteiger partial charge on any atom is 0.273 e. The van der Waals surface area contributed by atoms with Gasteiger partial charge in [0.25, 0.3) is 5.91 Å². The number of halogens is 1. The van der Waals surface area contributed by atoms with E-state index in [2.05, 4.69) is 15.3 Å². The zero-order valence-electron chi connectivity index (χ0n) is 13.0. The van der Waals surface area contributed by atoms with Crippen LogP contribution in [0, 0.1) is 12.7 Å². The third kappa shape index (κ3) is 3.26. The van der Waals surface area contributed by atoms with Crippen molar-refractivity contribution in [3.8, 4) is 11.3 Å². The van der Waals surface area contributed by atoms with Crippen molar-refractivity contribution in [1.29, 1.82) is 0 Å². The Morgan fingerprint density at radius 3 is 2.58 bits per heavy atom. The molecule has 5 nitrogen and oxygen atoms in total. The summed E-state index contributed by atoms with van der Waals surface area (Å²) in [7, 11) is 0. The Labute approximate surface area is 141 Å². The van der Waals surface area contributed by atoms with Gasteiger partial charge in [-0.1, -0.05) is 0 Å². The van der Waals surface area contributed by atoms with Gasteiger partial charge in [-0.25, -0.2) is 9.37 Å². The number of thiazole rings is 1. The highest BCUT2D eigenvalue weighted by Crippen LogP contribution is 2.30. The highest BCUT2D eigenvalue weighted by molar-refractivity contribution is 7.16. The number of carbonyl (C=O) groups excluding carboxylic acids is 2. The van der Waals surface area contributed by atoms with Crippen molar-refractivity contribution in [3.63, 3.8) is 0 Å². The summed E-state index contributed by atoms with van der Waals surface area (Å²) in [6.07, 6.45) is 1.49. The molecule has 0 saturated heterocycles. The summed E-state index contributed by atoms with van der Waals surface area (Å²) < 4.78 is 13.0. The number of carbonyl (C=O) groups is 2. The fourth-order valence-corrected chi connectivity index (χ4v) is 3.05. The standard InChI is InChI=1S/C17H14FN3O2S/c1-9(22)12-7-14(19-8-12)16(23)21-17-20-15(10(2)24-17)11-3-5-13(18)6-4-11/h3-8,19H,1-2H3,(H,20,21,23). The van der Waals surface area contributed by atoms with Gasteiger partial charge in [0.2, 0.25) is 0 Å². The second-order valence-corrected chi connectivity index (χ2v) is 6.45. The number of anilines is 1. The second-order valence-electron chi connectivity index (χ2n) is 5.24. The van der Waals surface area contributed by atoms with Gasteiger partial charge < -0.3 is 4.98 Å². The van der Waals surface area contributed by atoms with E-state index >= 15 is 0 Å². The highest BCUT2D eigenvalue weighted by atomic mass is 32.1. The number of rotatable bonds is 4. The van der Waals surface area contributed by atoms with E-state index in [4.69, 9.17) is 0 Å². The maximum absolute atomic E-state index is 13.0. The number of hydrogen-bond donors (Lipinski definition) is 2. The molecule has 7 heteroatoms. The summed E-state index contributed by atoms with van der Waals surface area (Å²) in [6.45, 7) is 3.32. The Kier molecular flexibility index (Phi) is 4.26. The molecular weight excluding hydrogens is 329 g/mol. The number of aromatic amines is 1. The molecule has 0 radical (unpaired) electrons. The molecule has 2 heterocycles. The fourth-order valence-electron chi connectivity index (χ4n) is 2.22. The van der Waals surface area contributed by atoms with Gasteiger partial charge in [-0.05, 0) is 44.2 Å². The quantitative estimate of drug-likeness (QED) is 0.702. The van der Waals surface area contributed by atoms with Crippen LogP contribution in [0.3, 0.4) is 0 Å². The first-order valence-corrected chi connectivity index (χ1v) is 8.00. The Morgan fingerprint density at radius 2 is 1.96 bits per heavy atom. The molecule has 0 saturated carbocycles. The number of amides is 1. The van der Waals surface area contributed by atoms with Crippen LogP contribution in [0.5, 0.6) is 0 Å². The first-order chi connectivity index (χ1) is 11.4. The minimum atomic E-state index is -0.373. The summed E-state index contributed by atoms with van der Waals surface area (Å²) in [5.41, 5.74) is 2.22. The fraction of sp³-hybridized carbons (Fsp3) is 0.118. The van der Waals surface area contributed by atoms with E-state index in [-0.39, 0.29) is 23.2 Å². The Hall–Kier alpha value is -2.80. The van der Waals surface area contributed by atoms with E-state index in [0.29, 0.717) is 16.4 Å². The largest absolute Gasteiger partial charge is 0.356 e. The van der Waals surface area contributed by atoms with Crippen LogP contribution < -0.4 is 5.32 Å². The van der Waals surface area contributed by atoms with E-state index in [0.717, 1.165) is 10.4 Å². The summed E-state index contributed by atoms with van der Waals surface area (Å²) >= 11 is 1.33. The summed E-state index contributed by atoms with van der Waals surface area (Å²) in [5, 5.41) is 3.15. The number of hydrogen-bond acceptors (Lipinski definition) is 4. The lowest BCUT2D eigenvalue weighted by molar-refractivity contribution is 0.101. The van der Waals surface area contributed by atoms with Crippen LogP contribution in [0.4, 0.5) is 9.52 Å². The van der Waals surface area contributed by atoms with E-state index < -0.39 is 0 Å². The number of H-pyrrole nitrogens is 1. The van der Waals surface area contributed by atoms with E-state index in [9.17, 15) is 14.0 Å². The predicted octanol–water partition coefficient (Wildman–Crippen LogP) is 4.04. The molecular formula is C17H14FN3O2S. The van der Waals surface area contributed by atoms with Crippen molar-refractivity contribution >= 4 is 28.2 Å². The molecule has 0 aliphatic carbocycles. The average molecular weight is 343 g/mol. The molecule has 2 aromatic heterocycles. The Bertz CT molecular complexity index is 912. The number of aromatic nitrogens is 2. The number of Topliss-reactive ketones (excluding diaryl/α,β-unsaturated/α-hetero) is 1. The summed E-state index contributed by atoms with van der Waals surface area (Å²) in [5.74, 6) is -0.802. The number of nitrogens with one attached hydrogen (secondary N) is 2. The predicted molar refractivity (Wildman–Crippen MR) is 91.0 cm³/mol. The van der Waals surface area contributed by atoms with Crippen LogP contribution in [-0.2, 0) is 0 Å². The molecule has 3 aromatic rings. The van der Waals surface area contributed by atoms with Crippen molar-refractivity contribution in [2.24, 2.45) is 0 Å². The summed E-state index contributed by atoms with van der Waals surface area (Å²) in [4.78, 5) is 31.6. The van der Waals surface area contributed by atoms with Crippen LogP contribution in [-0.4, -0.2) is 21.7 Å². The zero-order valence-corrected chi connectivity index (χ0v) is 13.8. The van der Waals surface area contributed by atoms with Crippen LogP contribution in [0.2, 0.25) is 0 Å². The zero-order chi connectivity index (χ0) is 17.3. The van der Waals surface area contributed by atoms with Crippen molar-refractivity contribution in [2.45, 2.75) is 13.8 Å². The number of benzene rings is 1. The minimum absolute atomic E-state index is 0.117. The molecule has 0 atom stereocenters. The number of nitrogens with zero attached hydrogens (tertiary/aromatic N) is 1. The van der Waals surface area contributed by atoms with Crippen molar-refractivity contribution in [1.82, 2.24) is 9.97 Å². The van der Waals surface area contributed by atoms with Gasteiger partial charge in [0.1, 0.15) is 11.5 Å². The maximum atomic E-state index is 13.0. The lowest BCUT2D eigenvalue weighted by Crippen LogP contribution is -2.12. The minimum Gasteiger partial charge on any atom is -0.356 e. The number of aryl methyl sites for hydroxylation is 1. The highest BCUT2D eigenvalue weighted by Gasteiger charge is 2.15. The third-order valence-electron chi connectivity index (χ3n) is 3.47. The third-order valence-corrected chi connectivity index (χ3v) is 4.36. The van der Waals surface area contributed by atoms with Gasteiger partial charge in [-0.15, -0.1) is 11.3 Å². The lowest BCUT2D eigenvalue weighted by atomic mass is 10.1. The Balaban J connectivity index is 1.80. The summed E-state index contributed by atoms with van der Waals surface area (Å²) in [6, 6.07) is 7.53. The Morgan fingerprint density at radius 1 is 1.25 bits per heavy atom. The average Bonchev–Trinajstić information content (AvgIpc) is 3.15. The molecule has 2 N–H and O–H groups in total. The number of ketones is 1. The first kappa shape index (κ1) is 16.1. The van der Waals surface area contributed by atoms with Gasteiger partial charge >= 0.3 is 0 Å². The molecule has 1 aromatic carbocycles. The molecule has 1 amide bonds. The van der Waals surface area contributed by atoms with Crippen LogP contribution in [0.15, 0.2) is 36.5 Å². The van der Waals surface area contributed by atoms with Crippen molar-refractivity contribution < 1.29 is 14.0 Å². The van der Waals surface area contributed by atoms with Crippen LogP contribution in [0.25, 0.3) is 11.3 Å². The van der Waals surface area contributed by atoms with Gasteiger partial charge in [-0.3, -0.25) is 14.9 Å². The van der Waals surface area contributed by atoms with Gasteiger partial charge in [-0.2, -0.15) is 0 Å². The molecule has 0 aliphatic rings. The molecule has 0 bridgehead atoms. The normalized spacial score (nSPS) is 10.6. The smallest absolute Gasteiger partial charge is 0.273 e. The van der Waals surface area contributed by atoms with E-state index in [1.165, 1.54) is 42.7 Å². The van der Waals surface area contributed by atoms with E-state index in [1.54, 1.807) is 12.1 Å². The molecule has 0 fully saturated rings. The molecule has 122 valence electrons. The van der Waals surface area contributed by atoms with Crippen LogP contribution >= 0.6 is 11.3 Å². The van der Waals surface area contributed by atoms with E-state index in [1.807, 2.05) is 6.92 Å². The topological polar surface area (TPSA) is 74.8 Å². The molecule has 0 aliphatic heterocycles. The van der Waals surface area contributed by atoms with Crippen molar-refractivity contribution in [3.05, 3.63) is 58.5 Å². The molecule has 0 unspecified atom stereocenters. The monoisotopic (exact) mass is 343 g/mol. The first-order valence-electron chi connectivity index (χ1n) is 7.18. The van der Waals surface area contributed by atoms with Crippen LogP contribution in [0.1, 0.15) is 32.6 Å². The molecule has 3 rings (SSSR count). The van der Waals surface area contributed by atoms with Gasteiger partial charge in [0, 0.05) is 22.2 Å². The lowest BCUT2D eigenvalue weighted by Gasteiger charge is -1.99. The molecule has 24 heavy (non-hydrogen) atoms. The van der Waals surface area contributed by atoms with Gasteiger partial charge in [0.05, 0.1) is 5.69 Å². The van der Waals surface area contributed by atoms with Gasteiger partial charge in [0.15, 0.2) is 10.9 Å². The van der Waals surface area contributed by atoms with Crippen molar-refractivity contribution in [2.75, 3.05) is 5.32 Å². The SMILES string of the molecule is CC(=O)c1c[nH]c(C(=O)Nc2nc(-c3ccc(F)cc3)c(C)s2)c1.